The van der Waals surface area contributed by atoms with Crippen LogP contribution in [-0.4, -0.2) is 23.0 Å². The normalized spacial score (nSPS) is 18.2. The van der Waals surface area contributed by atoms with E-state index in [-0.39, 0.29) is 0 Å². The Hall–Kier alpha value is -0.410. The molecule has 0 saturated carbocycles. The van der Waals surface area contributed by atoms with E-state index >= 15 is 0 Å². The van der Waals surface area contributed by atoms with Crippen LogP contribution in [0.1, 0.15) is 43.0 Å². The molecule has 0 unspecified atom stereocenters. The molecule has 0 aromatic carbocycles. The summed E-state index contributed by atoms with van der Waals surface area (Å²) in [6.45, 7) is 8.18. The highest BCUT2D eigenvalue weighted by Crippen LogP contribution is 2.20. The minimum Gasteiger partial charge on any atom is -0.298 e. The summed E-state index contributed by atoms with van der Waals surface area (Å²) in [5, 5.41) is 1.31. The summed E-state index contributed by atoms with van der Waals surface area (Å²) in [4.78, 5) is 8.52. The van der Waals surface area contributed by atoms with Crippen molar-refractivity contribution in [2.24, 2.45) is 5.92 Å². The van der Waals surface area contributed by atoms with E-state index in [2.05, 4.69) is 29.9 Å². The molecule has 2 rings (SSSR count). The highest BCUT2D eigenvalue weighted by atomic mass is 32.1. The van der Waals surface area contributed by atoms with Crippen LogP contribution in [0.3, 0.4) is 0 Å². The molecule has 0 atom stereocenters. The molecule has 0 spiro atoms. The van der Waals surface area contributed by atoms with E-state index in [1.165, 1.54) is 42.2 Å². The number of likely N-dealkylation sites (tertiary alicyclic amines) is 1. The first kappa shape index (κ1) is 12.1. The molecule has 0 bridgehead atoms. The van der Waals surface area contributed by atoms with Gasteiger partial charge in [0.05, 0.1) is 5.01 Å². The molecule has 1 aromatic heterocycles. The van der Waals surface area contributed by atoms with Gasteiger partial charge in [-0.15, -0.1) is 11.3 Å². The summed E-state index contributed by atoms with van der Waals surface area (Å²) in [6, 6.07) is 0. The van der Waals surface area contributed by atoms with E-state index in [4.69, 9.17) is 0 Å². The molecule has 2 heterocycles. The average Bonchev–Trinajstić information content (AvgIpc) is 2.66. The van der Waals surface area contributed by atoms with Crippen molar-refractivity contribution < 1.29 is 0 Å². The Labute approximate surface area is 103 Å². The standard InChI is InChI=1S/C13H22N2S/c1-11(2)8-13-14-9-12(16-13)10-15-6-4-3-5-7-15/h9,11H,3-8,10H2,1-2H3. The number of hydrogen-bond acceptors (Lipinski definition) is 3. The van der Waals surface area contributed by atoms with Gasteiger partial charge in [-0.1, -0.05) is 20.3 Å². The third kappa shape index (κ3) is 3.56. The number of thiazole rings is 1. The van der Waals surface area contributed by atoms with Gasteiger partial charge in [0, 0.05) is 24.0 Å². The lowest BCUT2D eigenvalue weighted by Crippen LogP contribution is -2.28. The van der Waals surface area contributed by atoms with Crippen molar-refractivity contribution in [1.82, 2.24) is 9.88 Å². The van der Waals surface area contributed by atoms with E-state index in [0.29, 0.717) is 5.92 Å². The topological polar surface area (TPSA) is 16.1 Å². The number of rotatable bonds is 4. The van der Waals surface area contributed by atoms with Crippen LogP contribution in [-0.2, 0) is 13.0 Å². The quantitative estimate of drug-likeness (QED) is 0.800. The molecule has 0 aliphatic carbocycles. The minimum atomic E-state index is 0.717. The van der Waals surface area contributed by atoms with E-state index < -0.39 is 0 Å². The van der Waals surface area contributed by atoms with Gasteiger partial charge in [0.1, 0.15) is 0 Å². The van der Waals surface area contributed by atoms with E-state index in [9.17, 15) is 0 Å². The zero-order chi connectivity index (χ0) is 11.4. The fourth-order valence-corrected chi connectivity index (χ4v) is 3.38. The van der Waals surface area contributed by atoms with Crippen LogP contribution in [0, 0.1) is 5.92 Å². The predicted molar refractivity (Wildman–Crippen MR) is 69.8 cm³/mol. The first-order valence-electron chi connectivity index (χ1n) is 6.40. The second-order valence-electron chi connectivity index (χ2n) is 5.16. The van der Waals surface area contributed by atoms with Gasteiger partial charge < -0.3 is 0 Å². The molecule has 0 N–H and O–H groups in total. The zero-order valence-electron chi connectivity index (χ0n) is 10.4. The SMILES string of the molecule is CC(C)Cc1ncc(CN2CCCCC2)s1. The summed E-state index contributed by atoms with van der Waals surface area (Å²) in [5.74, 6) is 0.717. The fraction of sp³-hybridized carbons (Fsp3) is 0.769. The molecule has 1 aromatic rings. The minimum absolute atomic E-state index is 0.717. The van der Waals surface area contributed by atoms with Gasteiger partial charge >= 0.3 is 0 Å². The van der Waals surface area contributed by atoms with Gasteiger partial charge in [0.25, 0.3) is 0 Å². The summed E-state index contributed by atoms with van der Waals surface area (Å²) >= 11 is 1.90. The molecule has 0 radical (unpaired) electrons. The molecular weight excluding hydrogens is 216 g/mol. The van der Waals surface area contributed by atoms with E-state index in [0.717, 1.165) is 13.0 Å². The Kier molecular flexibility index (Phi) is 4.36. The monoisotopic (exact) mass is 238 g/mol. The first-order chi connectivity index (χ1) is 7.74. The van der Waals surface area contributed by atoms with Gasteiger partial charge in [0.15, 0.2) is 0 Å². The number of aromatic nitrogens is 1. The van der Waals surface area contributed by atoms with E-state index in [1.54, 1.807) is 0 Å². The van der Waals surface area contributed by atoms with Crippen molar-refractivity contribution in [3.05, 3.63) is 16.1 Å². The van der Waals surface area contributed by atoms with Gasteiger partial charge in [-0.2, -0.15) is 0 Å². The highest BCUT2D eigenvalue weighted by molar-refractivity contribution is 7.11. The van der Waals surface area contributed by atoms with Crippen LogP contribution in [0.25, 0.3) is 0 Å². The second kappa shape index (κ2) is 5.78. The molecule has 1 aliphatic heterocycles. The lowest BCUT2D eigenvalue weighted by atomic mass is 10.1. The van der Waals surface area contributed by atoms with Crippen molar-refractivity contribution in [2.75, 3.05) is 13.1 Å². The van der Waals surface area contributed by atoms with Gasteiger partial charge in [-0.25, -0.2) is 4.98 Å². The molecule has 0 amide bonds. The average molecular weight is 238 g/mol. The zero-order valence-corrected chi connectivity index (χ0v) is 11.2. The van der Waals surface area contributed by atoms with Crippen LogP contribution in [0.4, 0.5) is 0 Å². The maximum Gasteiger partial charge on any atom is 0.0930 e. The van der Waals surface area contributed by atoms with Gasteiger partial charge in [0.2, 0.25) is 0 Å². The lowest BCUT2D eigenvalue weighted by Gasteiger charge is -2.25. The van der Waals surface area contributed by atoms with Crippen molar-refractivity contribution >= 4 is 11.3 Å². The Morgan fingerprint density at radius 3 is 2.75 bits per heavy atom. The molecule has 1 fully saturated rings. The summed E-state index contributed by atoms with van der Waals surface area (Å²) in [5.41, 5.74) is 0. The molecular formula is C13H22N2S. The van der Waals surface area contributed by atoms with Gasteiger partial charge in [-0.3, -0.25) is 4.90 Å². The fourth-order valence-electron chi connectivity index (χ4n) is 2.20. The molecule has 3 heteroatoms. The Morgan fingerprint density at radius 1 is 1.31 bits per heavy atom. The van der Waals surface area contributed by atoms with Gasteiger partial charge in [-0.05, 0) is 31.8 Å². The summed E-state index contributed by atoms with van der Waals surface area (Å²) < 4.78 is 0. The number of piperidine rings is 1. The predicted octanol–water partition coefficient (Wildman–Crippen LogP) is 3.33. The Bertz CT molecular complexity index is 313. The van der Waals surface area contributed by atoms with Crippen LogP contribution in [0.5, 0.6) is 0 Å². The largest absolute Gasteiger partial charge is 0.298 e. The van der Waals surface area contributed by atoms with Crippen LogP contribution in [0.2, 0.25) is 0 Å². The molecule has 1 aliphatic rings. The van der Waals surface area contributed by atoms with Crippen molar-refractivity contribution in [3.63, 3.8) is 0 Å². The number of hydrogen-bond donors (Lipinski definition) is 0. The molecule has 16 heavy (non-hydrogen) atoms. The van der Waals surface area contributed by atoms with Crippen molar-refractivity contribution in [2.45, 2.75) is 46.1 Å². The smallest absolute Gasteiger partial charge is 0.0930 e. The van der Waals surface area contributed by atoms with Crippen molar-refractivity contribution in [1.29, 1.82) is 0 Å². The lowest BCUT2D eigenvalue weighted by molar-refractivity contribution is 0.222. The van der Waals surface area contributed by atoms with Crippen molar-refractivity contribution in [3.8, 4) is 0 Å². The molecule has 90 valence electrons. The maximum absolute atomic E-state index is 4.51. The maximum atomic E-state index is 4.51. The third-order valence-electron chi connectivity index (χ3n) is 3.01. The first-order valence-corrected chi connectivity index (χ1v) is 7.21. The number of nitrogens with zero attached hydrogens (tertiary/aromatic N) is 2. The van der Waals surface area contributed by atoms with Crippen LogP contribution < -0.4 is 0 Å². The Morgan fingerprint density at radius 2 is 2.06 bits per heavy atom. The van der Waals surface area contributed by atoms with Crippen LogP contribution in [0.15, 0.2) is 6.20 Å². The molecule has 1 saturated heterocycles. The van der Waals surface area contributed by atoms with E-state index in [1.807, 2.05) is 11.3 Å². The highest BCUT2D eigenvalue weighted by Gasteiger charge is 2.12. The summed E-state index contributed by atoms with van der Waals surface area (Å²) in [6.07, 6.45) is 7.37. The third-order valence-corrected chi connectivity index (χ3v) is 4.02. The summed E-state index contributed by atoms with van der Waals surface area (Å²) in [7, 11) is 0. The molecule has 2 nitrogen and oxygen atoms in total. The van der Waals surface area contributed by atoms with Crippen LogP contribution >= 0.6 is 11.3 Å². The second-order valence-corrected chi connectivity index (χ2v) is 6.35. The Balaban J connectivity index is 1.86.